The molecule has 2 N–H and O–H groups in total. The van der Waals surface area contributed by atoms with E-state index in [0.29, 0.717) is 43.8 Å². The van der Waals surface area contributed by atoms with E-state index >= 15 is 0 Å². The van der Waals surface area contributed by atoms with Crippen molar-refractivity contribution in [3.63, 3.8) is 0 Å². The molecule has 1 aliphatic heterocycles. The minimum absolute atomic E-state index is 0. The van der Waals surface area contributed by atoms with Crippen molar-refractivity contribution in [3.05, 3.63) is 40.2 Å². The van der Waals surface area contributed by atoms with Gasteiger partial charge in [0.25, 0.3) is 0 Å². The minimum Gasteiger partial charge on any atom is -0.444 e. The fourth-order valence-corrected chi connectivity index (χ4v) is 3.44. The highest BCUT2D eigenvalue weighted by molar-refractivity contribution is 14.0. The van der Waals surface area contributed by atoms with Gasteiger partial charge in [0.15, 0.2) is 5.96 Å². The molecule has 0 aliphatic carbocycles. The number of anilines is 1. The highest BCUT2D eigenvalue weighted by Gasteiger charge is 2.33. The zero-order valence-corrected chi connectivity index (χ0v) is 20.5. The van der Waals surface area contributed by atoms with E-state index < -0.39 is 11.7 Å². The van der Waals surface area contributed by atoms with E-state index in [9.17, 15) is 13.2 Å². The lowest BCUT2D eigenvalue weighted by molar-refractivity contribution is -0.137. The predicted molar refractivity (Wildman–Crippen MR) is 124 cm³/mol. The summed E-state index contributed by atoms with van der Waals surface area (Å²) < 4.78 is 44.0. The Morgan fingerprint density at radius 1 is 1.39 bits per heavy atom. The van der Waals surface area contributed by atoms with Crippen molar-refractivity contribution < 1.29 is 17.6 Å². The van der Waals surface area contributed by atoms with Gasteiger partial charge in [-0.1, -0.05) is 11.6 Å². The molecule has 0 spiro atoms. The topological polar surface area (TPSA) is 78.6 Å². The zero-order valence-electron chi connectivity index (χ0n) is 17.4. The number of halogens is 5. The molecule has 1 saturated heterocycles. The van der Waals surface area contributed by atoms with Crippen LogP contribution in [0.5, 0.6) is 0 Å². The second kappa shape index (κ2) is 10.7. The van der Waals surface area contributed by atoms with Crippen LogP contribution in [-0.4, -0.2) is 41.6 Å². The van der Waals surface area contributed by atoms with E-state index in [2.05, 4.69) is 25.6 Å². The largest absolute Gasteiger partial charge is 0.444 e. The van der Waals surface area contributed by atoms with E-state index in [4.69, 9.17) is 16.0 Å². The van der Waals surface area contributed by atoms with E-state index in [0.717, 1.165) is 30.1 Å². The van der Waals surface area contributed by atoms with Gasteiger partial charge in [0.1, 0.15) is 18.1 Å². The molecule has 0 saturated carbocycles. The fourth-order valence-electron chi connectivity index (χ4n) is 3.16. The van der Waals surface area contributed by atoms with Crippen molar-refractivity contribution in [1.29, 1.82) is 0 Å². The number of rotatable bonds is 5. The van der Waals surface area contributed by atoms with Crippen LogP contribution >= 0.6 is 35.6 Å². The van der Waals surface area contributed by atoms with Crippen LogP contribution in [0.1, 0.15) is 36.3 Å². The summed E-state index contributed by atoms with van der Waals surface area (Å²) in [5.41, 5.74) is -0.0192. The molecule has 0 aromatic carbocycles. The molecule has 0 amide bonds. The first-order valence-electron chi connectivity index (χ1n) is 9.62. The lowest BCUT2D eigenvalue weighted by atomic mass is 10.2. The van der Waals surface area contributed by atoms with Gasteiger partial charge < -0.3 is 20.0 Å². The highest BCUT2D eigenvalue weighted by atomic mass is 127. The molecule has 1 aliphatic rings. The van der Waals surface area contributed by atoms with Gasteiger partial charge in [-0.25, -0.2) is 15.0 Å². The molecular formula is C19H25ClF3IN6O. The normalized spacial score (nSPS) is 16.9. The number of aryl methyl sites for hydroxylation is 2. The first-order valence-corrected chi connectivity index (χ1v) is 10.0. The summed E-state index contributed by atoms with van der Waals surface area (Å²) in [4.78, 5) is 14.6. The Kier molecular flexibility index (Phi) is 8.81. The maximum Gasteiger partial charge on any atom is 0.417 e. The van der Waals surface area contributed by atoms with Gasteiger partial charge in [-0.3, -0.25) is 0 Å². The van der Waals surface area contributed by atoms with Crippen LogP contribution < -0.4 is 15.5 Å². The summed E-state index contributed by atoms with van der Waals surface area (Å²) >= 11 is 6.07. The van der Waals surface area contributed by atoms with E-state index in [-0.39, 0.29) is 35.0 Å². The number of pyridine rings is 1. The summed E-state index contributed by atoms with van der Waals surface area (Å²) in [5.74, 6) is 2.27. The van der Waals surface area contributed by atoms with Gasteiger partial charge in [0.05, 0.1) is 16.3 Å². The van der Waals surface area contributed by atoms with Crippen LogP contribution in [-0.2, 0) is 12.7 Å². The molecule has 1 atom stereocenters. The standard InChI is InChI=1S/C19H24ClF3N6O.HI/c1-4-24-18(26-9-16-27-11(2)12(3)30-16)28-14-5-6-29(10-14)17-15(20)7-13(8-25-17)19(21,22)23;/h7-8,14H,4-6,9-10H2,1-3H3,(H2,24,26,28);1H. The molecule has 3 rings (SSSR count). The maximum atomic E-state index is 12.8. The molecule has 1 unspecified atom stereocenters. The molecule has 12 heteroatoms. The minimum atomic E-state index is -4.47. The van der Waals surface area contributed by atoms with Crippen molar-refractivity contribution in [3.8, 4) is 0 Å². The third-order valence-corrected chi connectivity index (χ3v) is 5.05. The number of hydrogen-bond donors (Lipinski definition) is 2. The summed E-state index contributed by atoms with van der Waals surface area (Å²) in [7, 11) is 0. The van der Waals surface area contributed by atoms with E-state index in [1.165, 1.54) is 0 Å². The average molecular weight is 573 g/mol. The molecule has 3 heterocycles. The smallest absolute Gasteiger partial charge is 0.417 e. The van der Waals surface area contributed by atoms with Crippen LogP contribution in [0.4, 0.5) is 19.0 Å². The number of hydrogen-bond acceptors (Lipinski definition) is 5. The number of aliphatic imine (C=N–C) groups is 1. The molecule has 7 nitrogen and oxygen atoms in total. The molecule has 2 aromatic rings. The average Bonchev–Trinajstić information content (AvgIpc) is 3.25. The first kappa shape index (κ1) is 25.5. The van der Waals surface area contributed by atoms with Gasteiger partial charge in [-0.15, -0.1) is 24.0 Å². The molecule has 172 valence electrons. The molecule has 31 heavy (non-hydrogen) atoms. The van der Waals surface area contributed by atoms with Gasteiger partial charge in [0, 0.05) is 31.9 Å². The summed E-state index contributed by atoms with van der Waals surface area (Å²) in [6, 6.07) is 0.951. The summed E-state index contributed by atoms with van der Waals surface area (Å²) in [6.07, 6.45) is -2.89. The SMILES string of the molecule is CCNC(=NCc1nc(C)c(C)o1)NC1CCN(c2ncc(C(F)(F)F)cc2Cl)C1.I. The second-order valence-corrected chi connectivity index (χ2v) is 7.45. The second-order valence-electron chi connectivity index (χ2n) is 7.05. The van der Waals surface area contributed by atoms with Crippen molar-refractivity contribution in [2.24, 2.45) is 4.99 Å². The number of nitrogens with zero attached hydrogens (tertiary/aromatic N) is 4. The molecule has 0 bridgehead atoms. The van der Waals surface area contributed by atoms with Crippen LogP contribution in [0.15, 0.2) is 21.7 Å². The van der Waals surface area contributed by atoms with Gasteiger partial charge in [-0.2, -0.15) is 13.2 Å². The predicted octanol–water partition coefficient (Wildman–Crippen LogP) is 4.31. The number of aromatic nitrogens is 2. The third-order valence-electron chi connectivity index (χ3n) is 4.77. The maximum absolute atomic E-state index is 12.8. The Morgan fingerprint density at radius 3 is 2.71 bits per heavy atom. The van der Waals surface area contributed by atoms with Crippen molar-refractivity contribution in [2.45, 2.75) is 46.0 Å². The van der Waals surface area contributed by atoms with E-state index in [1.807, 2.05) is 25.7 Å². The van der Waals surface area contributed by atoms with Crippen molar-refractivity contribution in [1.82, 2.24) is 20.6 Å². The van der Waals surface area contributed by atoms with Gasteiger partial charge >= 0.3 is 6.18 Å². The summed E-state index contributed by atoms with van der Waals surface area (Å²) in [5, 5.41) is 6.50. The summed E-state index contributed by atoms with van der Waals surface area (Å²) in [6.45, 7) is 7.83. The lowest BCUT2D eigenvalue weighted by Crippen LogP contribution is -2.44. The number of oxazole rings is 1. The monoisotopic (exact) mass is 572 g/mol. The van der Waals surface area contributed by atoms with Crippen molar-refractivity contribution in [2.75, 3.05) is 24.5 Å². The third kappa shape index (κ3) is 6.61. The number of alkyl halides is 3. The fraction of sp³-hybridized carbons (Fsp3) is 0.526. The highest BCUT2D eigenvalue weighted by Crippen LogP contribution is 2.34. The molecule has 1 fully saturated rings. The van der Waals surface area contributed by atoms with Crippen LogP contribution in [0, 0.1) is 13.8 Å². The quantitative estimate of drug-likeness (QED) is 0.316. The molecule has 2 aromatic heterocycles. The Labute approximate surface area is 200 Å². The van der Waals surface area contributed by atoms with Gasteiger partial charge in [0.2, 0.25) is 5.89 Å². The Hall–Kier alpha value is -1.76. The number of guanidine groups is 1. The number of nitrogens with one attached hydrogen (secondary N) is 2. The molecular weight excluding hydrogens is 548 g/mol. The first-order chi connectivity index (χ1) is 14.2. The zero-order chi connectivity index (χ0) is 21.9. The van der Waals surface area contributed by atoms with Crippen LogP contribution in [0.3, 0.4) is 0 Å². The lowest BCUT2D eigenvalue weighted by Gasteiger charge is -2.21. The molecule has 0 radical (unpaired) electrons. The Bertz CT molecular complexity index is 901. The van der Waals surface area contributed by atoms with Crippen LogP contribution in [0.2, 0.25) is 5.02 Å². The van der Waals surface area contributed by atoms with Crippen LogP contribution in [0.25, 0.3) is 0 Å². The Morgan fingerprint density at radius 2 is 2.13 bits per heavy atom. The van der Waals surface area contributed by atoms with Crippen molar-refractivity contribution >= 4 is 47.4 Å². The van der Waals surface area contributed by atoms with Gasteiger partial charge in [-0.05, 0) is 33.3 Å². The van der Waals surface area contributed by atoms with E-state index in [1.54, 1.807) is 0 Å². The Balaban J connectivity index is 0.00000341.